The van der Waals surface area contributed by atoms with Crippen LogP contribution in [-0.4, -0.2) is 30.3 Å². The summed E-state index contributed by atoms with van der Waals surface area (Å²) in [5.41, 5.74) is -0.713. The fourth-order valence-corrected chi connectivity index (χ4v) is 3.03. The third kappa shape index (κ3) is 3.23. The van der Waals surface area contributed by atoms with Crippen molar-refractivity contribution in [3.63, 3.8) is 0 Å². The van der Waals surface area contributed by atoms with Gasteiger partial charge in [-0.3, -0.25) is 4.79 Å². The van der Waals surface area contributed by atoms with Gasteiger partial charge in [0.1, 0.15) is 5.75 Å². The van der Waals surface area contributed by atoms with E-state index in [-0.39, 0.29) is 5.91 Å². The van der Waals surface area contributed by atoms with E-state index in [9.17, 15) is 9.90 Å². The van der Waals surface area contributed by atoms with Crippen LogP contribution in [0.1, 0.15) is 41.8 Å². The minimum absolute atomic E-state index is 0.137. The van der Waals surface area contributed by atoms with Crippen LogP contribution in [0.2, 0.25) is 0 Å². The normalized spacial score (nSPS) is 18.3. The highest BCUT2D eigenvalue weighted by atomic mass is 32.1. The van der Waals surface area contributed by atoms with Gasteiger partial charge in [0.25, 0.3) is 5.91 Å². The van der Waals surface area contributed by atoms with Crippen LogP contribution >= 0.6 is 11.3 Å². The second-order valence-corrected chi connectivity index (χ2v) is 5.73. The van der Waals surface area contributed by atoms with Gasteiger partial charge in [-0.2, -0.15) is 0 Å². The van der Waals surface area contributed by atoms with Gasteiger partial charge in [0.05, 0.1) is 17.6 Å². The molecule has 0 aromatic carbocycles. The fourth-order valence-electron chi connectivity index (χ4n) is 2.26. The van der Waals surface area contributed by atoms with E-state index in [1.165, 1.54) is 17.8 Å². The lowest BCUT2D eigenvalue weighted by molar-refractivity contribution is 0.00529. The summed E-state index contributed by atoms with van der Waals surface area (Å²) < 4.78 is 5.04. The van der Waals surface area contributed by atoms with Crippen LogP contribution in [-0.2, 0) is 0 Å². The molecule has 0 bridgehead atoms. The van der Waals surface area contributed by atoms with E-state index < -0.39 is 5.60 Å². The van der Waals surface area contributed by atoms with Crippen LogP contribution in [0, 0.1) is 0 Å². The molecule has 2 rings (SSSR count). The first-order valence-electron chi connectivity index (χ1n) is 6.26. The summed E-state index contributed by atoms with van der Waals surface area (Å²) in [6, 6.07) is 1.71. The molecule has 4 nitrogen and oxygen atoms in total. The average Bonchev–Trinajstić information content (AvgIpc) is 2.86. The number of thiophene rings is 1. The summed E-state index contributed by atoms with van der Waals surface area (Å²) in [5.74, 6) is 0.559. The highest BCUT2D eigenvalue weighted by molar-refractivity contribution is 7.12. The molecule has 1 aromatic rings. The first-order chi connectivity index (χ1) is 8.63. The quantitative estimate of drug-likeness (QED) is 0.881. The number of methoxy groups -OCH3 is 1. The van der Waals surface area contributed by atoms with Crippen molar-refractivity contribution in [1.29, 1.82) is 0 Å². The second-order valence-electron chi connectivity index (χ2n) is 4.82. The minimum atomic E-state index is -0.713. The minimum Gasteiger partial charge on any atom is -0.496 e. The van der Waals surface area contributed by atoms with Crippen molar-refractivity contribution in [1.82, 2.24) is 5.32 Å². The van der Waals surface area contributed by atoms with Crippen molar-refractivity contribution >= 4 is 17.2 Å². The molecule has 1 aliphatic rings. The summed E-state index contributed by atoms with van der Waals surface area (Å²) in [6.45, 7) is 0.339. The monoisotopic (exact) mass is 269 g/mol. The molecule has 1 fully saturated rings. The lowest BCUT2D eigenvalue weighted by Gasteiger charge is -2.32. The van der Waals surface area contributed by atoms with E-state index in [2.05, 4.69) is 5.32 Å². The SMILES string of the molecule is COc1csc(C(=O)NCC2(O)CCCCC2)c1. The Morgan fingerprint density at radius 1 is 1.50 bits per heavy atom. The Balaban J connectivity index is 1.87. The molecule has 0 aliphatic heterocycles. The van der Waals surface area contributed by atoms with E-state index in [0.717, 1.165) is 25.7 Å². The first kappa shape index (κ1) is 13.4. The van der Waals surface area contributed by atoms with Crippen molar-refractivity contribution < 1.29 is 14.6 Å². The van der Waals surface area contributed by atoms with E-state index in [1.807, 2.05) is 0 Å². The molecule has 1 amide bonds. The molecule has 1 saturated carbocycles. The smallest absolute Gasteiger partial charge is 0.261 e. The third-order valence-electron chi connectivity index (χ3n) is 3.40. The standard InChI is InChI=1S/C13H19NO3S/c1-17-10-7-11(18-8-10)12(15)14-9-13(16)5-3-2-4-6-13/h7-8,16H,2-6,9H2,1H3,(H,14,15). The predicted molar refractivity (Wildman–Crippen MR) is 71.2 cm³/mol. The maximum Gasteiger partial charge on any atom is 0.261 e. The maximum absolute atomic E-state index is 11.9. The van der Waals surface area contributed by atoms with Gasteiger partial charge in [0.2, 0.25) is 0 Å². The molecule has 1 aliphatic carbocycles. The Labute approximate surface area is 111 Å². The van der Waals surface area contributed by atoms with Crippen LogP contribution in [0.25, 0.3) is 0 Å². The summed E-state index contributed by atoms with van der Waals surface area (Å²) in [6.07, 6.45) is 4.82. The Morgan fingerprint density at radius 3 is 2.83 bits per heavy atom. The summed E-state index contributed by atoms with van der Waals surface area (Å²) in [7, 11) is 1.58. The molecule has 0 atom stereocenters. The Bertz CT molecular complexity index is 410. The molecule has 1 aromatic heterocycles. The van der Waals surface area contributed by atoms with Gasteiger partial charge in [-0.1, -0.05) is 19.3 Å². The molecule has 5 heteroatoms. The van der Waals surface area contributed by atoms with Crippen LogP contribution in [0.3, 0.4) is 0 Å². The van der Waals surface area contributed by atoms with E-state index in [1.54, 1.807) is 18.6 Å². The van der Waals surface area contributed by atoms with Crippen molar-refractivity contribution in [2.45, 2.75) is 37.7 Å². The Kier molecular flexibility index (Phi) is 4.24. The molecule has 2 N–H and O–H groups in total. The van der Waals surface area contributed by atoms with E-state index >= 15 is 0 Å². The van der Waals surface area contributed by atoms with Gasteiger partial charge in [0, 0.05) is 18.0 Å². The second kappa shape index (κ2) is 5.71. The molecule has 100 valence electrons. The van der Waals surface area contributed by atoms with E-state index in [0.29, 0.717) is 17.2 Å². The van der Waals surface area contributed by atoms with Gasteiger partial charge in [0.15, 0.2) is 0 Å². The predicted octanol–water partition coefficient (Wildman–Crippen LogP) is 2.18. The highest BCUT2D eigenvalue weighted by Gasteiger charge is 2.29. The summed E-state index contributed by atoms with van der Waals surface area (Å²) in [5, 5.41) is 14.9. The maximum atomic E-state index is 11.9. The molecule has 18 heavy (non-hydrogen) atoms. The zero-order valence-electron chi connectivity index (χ0n) is 10.6. The molecular weight excluding hydrogens is 250 g/mol. The highest BCUT2D eigenvalue weighted by Crippen LogP contribution is 2.27. The topological polar surface area (TPSA) is 58.6 Å². The van der Waals surface area contributed by atoms with Crippen LogP contribution in [0.5, 0.6) is 5.75 Å². The number of ether oxygens (including phenoxy) is 1. The van der Waals surface area contributed by atoms with Crippen molar-refractivity contribution in [2.75, 3.05) is 13.7 Å². The molecule has 1 heterocycles. The zero-order chi connectivity index (χ0) is 13.0. The number of hydrogen-bond acceptors (Lipinski definition) is 4. The van der Waals surface area contributed by atoms with Crippen molar-refractivity contribution in [3.8, 4) is 5.75 Å². The van der Waals surface area contributed by atoms with Crippen LogP contribution in [0.15, 0.2) is 11.4 Å². The fraction of sp³-hybridized carbons (Fsp3) is 0.615. The van der Waals surface area contributed by atoms with Gasteiger partial charge < -0.3 is 15.2 Å². The molecular formula is C13H19NO3S. The van der Waals surface area contributed by atoms with Crippen LogP contribution in [0.4, 0.5) is 0 Å². The Morgan fingerprint density at radius 2 is 2.22 bits per heavy atom. The van der Waals surface area contributed by atoms with Crippen LogP contribution < -0.4 is 10.1 Å². The van der Waals surface area contributed by atoms with Gasteiger partial charge >= 0.3 is 0 Å². The number of nitrogens with one attached hydrogen (secondary N) is 1. The molecule has 0 radical (unpaired) electrons. The zero-order valence-corrected chi connectivity index (χ0v) is 11.4. The molecule has 0 spiro atoms. The molecule has 0 unspecified atom stereocenters. The third-order valence-corrected chi connectivity index (χ3v) is 4.30. The lowest BCUT2D eigenvalue weighted by Crippen LogP contribution is -2.44. The van der Waals surface area contributed by atoms with Gasteiger partial charge in [-0.25, -0.2) is 0 Å². The summed E-state index contributed by atoms with van der Waals surface area (Å²) in [4.78, 5) is 12.5. The Hall–Kier alpha value is -1.07. The lowest BCUT2D eigenvalue weighted by atomic mass is 9.85. The first-order valence-corrected chi connectivity index (χ1v) is 7.14. The number of aliphatic hydroxyl groups is 1. The van der Waals surface area contributed by atoms with Crippen molar-refractivity contribution in [2.24, 2.45) is 0 Å². The largest absolute Gasteiger partial charge is 0.496 e. The number of amides is 1. The van der Waals surface area contributed by atoms with E-state index in [4.69, 9.17) is 4.74 Å². The average molecular weight is 269 g/mol. The van der Waals surface area contributed by atoms with Gasteiger partial charge in [-0.15, -0.1) is 11.3 Å². The molecule has 0 saturated heterocycles. The van der Waals surface area contributed by atoms with Crippen molar-refractivity contribution in [3.05, 3.63) is 16.3 Å². The number of carbonyl (C=O) groups excluding carboxylic acids is 1. The number of hydrogen-bond donors (Lipinski definition) is 2. The number of rotatable bonds is 4. The number of carbonyl (C=O) groups is 1. The summed E-state index contributed by atoms with van der Waals surface area (Å²) >= 11 is 1.35. The van der Waals surface area contributed by atoms with Gasteiger partial charge in [-0.05, 0) is 12.8 Å².